The molecule has 0 aromatic carbocycles. The molecule has 0 spiro atoms. The highest BCUT2D eigenvalue weighted by Crippen LogP contribution is 2.38. The van der Waals surface area contributed by atoms with Gasteiger partial charge in [-0.3, -0.25) is 18.9 Å². The van der Waals surface area contributed by atoms with Crippen molar-refractivity contribution in [3.8, 4) is 0 Å². The Hall–Kier alpha value is -2.19. The van der Waals surface area contributed by atoms with Gasteiger partial charge in [0.15, 0.2) is 0 Å². The minimum Gasteiger partial charge on any atom is -0.355 e. The average Bonchev–Trinajstić information content (AvgIpc) is 3.08. The van der Waals surface area contributed by atoms with Crippen molar-refractivity contribution < 1.29 is 4.79 Å². The monoisotopic (exact) mass is 496 g/mol. The van der Waals surface area contributed by atoms with Crippen LogP contribution in [0.1, 0.15) is 63.5 Å². The van der Waals surface area contributed by atoms with Gasteiger partial charge in [0.25, 0.3) is 11.5 Å². The first-order chi connectivity index (χ1) is 16.3. The minimum absolute atomic E-state index is 0.0676. The van der Waals surface area contributed by atoms with E-state index >= 15 is 0 Å². The van der Waals surface area contributed by atoms with E-state index in [1.54, 1.807) is 15.4 Å². The van der Waals surface area contributed by atoms with E-state index in [9.17, 15) is 9.59 Å². The fourth-order valence-corrected chi connectivity index (χ4v) is 7.10. The number of aromatic nitrogens is 2. The number of carbonyl (C=O) groups is 1. The number of nitrogens with zero attached hydrogens (tertiary/aromatic N) is 4. The van der Waals surface area contributed by atoms with Crippen LogP contribution in [0.3, 0.4) is 0 Å². The zero-order chi connectivity index (χ0) is 24.0. The minimum atomic E-state index is -0.141. The maximum Gasteiger partial charge on any atom is 0.267 e. The van der Waals surface area contributed by atoms with Gasteiger partial charge in [0.05, 0.1) is 10.5 Å². The summed E-state index contributed by atoms with van der Waals surface area (Å²) < 4.78 is 2.21. The number of hydrogen-bond donors (Lipinski definition) is 0. The van der Waals surface area contributed by atoms with Crippen LogP contribution in [0.4, 0.5) is 5.82 Å². The van der Waals surface area contributed by atoms with Crippen LogP contribution in [0.15, 0.2) is 28.0 Å². The Kier molecular flexibility index (Phi) is 6.55. The maximum atomic E-state index is 13.8. The summed E-state index contributed by atoms with van der Waals surface area (Å²) in [6.07, 6.45) is 10.2. The van der Waals surface area contributed by atoms with E-state index in [4.69, 9.17) is 17.2 Å². The number of pyridine rings is 1. The second-order valence-corrected chi connectivity index (χ2v) is 12.0. The molecule has 5 rings (SSSR count). The number of thiocarbonyl (C=S) groups is 1. The van der Waals surface area contributed by atoms with Gasteiger partial charge >= 0.3 is 0 Å². The number of aryl methyl sites for hydroxylation is 1. The van der Waals surface area contributed by atoms with Gasteiger partial charge in [-0.05, 0) is 55.7 Å². The molecule has 2 aromatic heterocycles. The lowest BCUT2D eigenvalue weighted by Gasteiger charge is -2.36. The molecule has 0 N–H and O–H groups in total. The number of carbonyl (C=O) groups excluding carboxylic acids is 1. The van der Waals surface area contributed by atoms with Gasteiger partial charge in [0.2, 0.25) is 0 Å². The average molecular weight is 497 g/mol. The van der Waals surface area contributed by atoms with E-state index in [1.165, 1.54) is 18.2 Å². The van der Waals surface area contributed by atoms with Crippen LogP contribution in [-0.2, 0) is 4.79 Å². The summed E-state index contributed by atoms with van der Waals surface area (Å²) in [6.45, 7) is 8.15. The van der Waals surface area contributed by atoms with Crippen LogP contribution in [0.5, 0.6) is 0 Å². The van der Waals surface area contributed by atoms with Gasteiger partial charge in [-0.15, -0.1) is 0 Å². The third-order valence-corrected chi connectivity index (χ3v) is 8.52. The maximum absolute atomic E-state index is 13.8. The van der Waals surface area contributed by atoms with E-state index in [2.05, 4.69) is 18.7 Å². The molecular weight excluding hydrogens is 464 g/mol. The summed E-state index contributed by atoms with van der Waals surface area (Å²) in [5.74, 6) is 1.64. The molecule has 180 valence electrons. The van der Waals surface area contributed by atoms with Crippen molar-refractivity contribution in [3.63, 3.8) is 0 Å². The first kappa shape index (κ1) is 23.5. The van der Waals surface area contributed by atoms with Crippen molar-refractivity contribution in [1.29, 1.82) is 0 Å². The molecule has 0 radical (unpaired) electrons. The van der Waals surface area contributed by atoms with Gasteiger partial charge in [-0.2, -0.15) is 0 Å². The number of anilines is 1. The van der Waals surface area contributed by atoms with Crippen molar-refractivity contribution in [3.05, 3.63) is 44.7 Å². The number of thioether (sulfide) groups is 1. The lowest BCUT2D eigenvalue weighted by atomic mass is 9.91. The highest BCUT2D eigenvalue weighted by Gasteiger charge is 2.38. The van der Waals surface area contributed by atoms with Gasteiger partial charge in [0, 0.05) is 25.3 Å². The van der Waals surface area contributed by atoms with E-state index < -0.39 is 0 Å². The molecule has 4 heterocycles. The Morgan fingerprint density at radius 3 is 2.50 bits per heavy atom. The molecule has 0 bridgehead atoms. The SMILES string of the molecule is Cc1ccc2nc(N3C[C@H](C)C[C@H](C)C3)c(/C=C3/SC(=S)N(C4CCCCC4)C3=O)c(=O)n2c1. The Morgan fingerprint density at radius 2 is 1.79 bits per heavy atom. The summed E-state index contributed by atoms with van der Waals surface area (Å²) in [6, 6.07) is 4.04. The van der Waals surface area contributed by atoms with Gasteiger partial charge in [-0.25, -0.2) is 4.98 Å². The van der Waals surface area contributed by atoms with Crippen LogP contribution in [0, 0.1) is 18.8 Å². The van der Waals surface area contributed by atoms with Crippen LogP contribution < -0.4 is 10.5 Å². The molecule has 1 aliphatic carbocycles. The zero-order valence-corrected chi connectivity index (χ0v) is 21.8. The molecule has 0 unspecified atom stereocenters. The molecule has 8 heteroatoms. The van der Waals surface area contributed by atoms with Gasteiger partial charge in [-0.1, -0.05) is 63.2 Å². The van der Waals surface area contributed by atoms with Gasteiger partial charge < -0.3 is 4.90 Å². The highest BCUT2D eigenvalue weighted by atomic mass is 32.2. The van der Waals surface area contributed by atoms with E-state index in [1.807, 2.05) is 25.3 Å². The fourth-order valence-electron chi connectivity index (χ4n) is 5.72. The van der Waals surface area contributed by atoms with E-state index in [0.29, 0.717) is 38.1 Å². The Bertz CT molecular complexity index is 1220. The number of hydrogen-bond acceptors (Lipinski definition) is 6. The molecule has 2 aromatic rings. The first-order valence-corrected chi connectivity index (χ1v) is 13.6. The smallest absolute Gasteiger partial charge is 0.267 e. The second kappa shape index (κ2) is 9.46. The molecular formula is C26H32N4O2S2. The van der Waals surface area contributed by atoms with E-state index in [0.717, 1.165) is 50.8 Å². The lowest BCUT2D eigenvalue weighted by Crippen LogP contribution is -2.41. The molecule has 6 nitrogen and oxygen atoms in total. The zero-order valence-electron chi connectivity index (χ0n) is 20.1. The van der Waals surface area contributed by atoms with Crippen molar-refractivity contribution in [2.45, 2.75) is 65.3 Å². The number of fused-ring (bicyclic) bond motifs is 1. The Labute approximate surface area is 210 Å². The van der Waals surface area contributed by atoms with E-state index in [-0.39, 0.29) is 17.5 Å². The predicted octanol–water partition coefficient (Wildman–Crippen LogP) is 5.02. The van der Waals surface area contributed by atoms with Crippen molar-refractivity contribution >= 4 is 51.7 Å². The normalized spacial score (nSPS) is 25.7. The molecule has 2 aliphatic heterocycles. The topological polar surface area (TPSA) is 57.9 Å². The summed E-state index contributed by atoms with van der Waals surface area (Å²) in [4.78, 5) is 36.7. The Morgan fingerprint density at radius 1 is 1.09 bits per heavy atom. The molecule has 1 amide bonds. The van der Waals surface area contributed by atoms with Crippen LogP contribution in [-0.4, -0.2) is 43.6 Å². The second-order valence-electron chi connectivity index (χ2n) is 10.3. The lowest BCUT2D eigenvalue weighted by molar-refractivity contribution is -0.124. The molecule has 2 saturated heterocycles. The molecule has 2 atom stereocenters. The van der Waals surface area contributed by atoms with Crippen LogP contribution in [0.25, 0.3) is 11.7 Å². The molecule has 3 aliphatic rings. The number of rotatable bonds is 3. The summed E-state index contributed by atoms with van der Waals surface area (Å²) >= 11 is 6.94. The van der Waals surface area contributed by atoms with Crippen LogP contribution >= 0.6 is 24.0 Å². The third kappa shape index (κ3) is 4.42. The summed E-state index contributed by atoms with van der Waals surface area (Å²) in [5.41, 5.74) is 1.95. The molecule has 3 fully saturated rings. The third-order valence-electron chi connectivity index (χ3n) is 7.19. The van der Waals surface area contributed by atoms with Crippen molar-refractivity contribution in [1.82, 2.24) is 14.3 Å². The standard InChI is InChI=1S/C26H32N4O2S2/c1-16-9-10-22-27-23(28-13-17(2)11-18(3)14-28)20(24(31)29(22)15-16)12-21-25(32)30(26(33)34-21)19-7-5-4-6-8-19/h9-10,12,15,17-19H,4-8,11,13-14H2,1-3H3/b21-12+/t17-,18+. The first-order valence-electron chi connectivity index (χ1n) is 12.4. The Balaban J connectivity index is 1.61. The van der Waals surface area contributed by atoms with Gasteiger partial charge in [0.1, 0.15) is 15.8 Å². The fraction of sp³-hybridized carbons (Fsp3) is 0.538. The highest BCUT2D eigenvalue weighted by molar-refractivity contribution is 8.26. The largest absolute Gasteiger partial charge is 0.355 e. The predicted molar refractivity (Wildman–Crippen MR) is 143 cm³/mol. The summed E-state index contributed by atoms with van der Waals surface area (Å²) in [5, 5.41) is 0. The quantitative estimate of drug-likeness (QED) is 0.439. The van der Waals surface area contributed by atoms with Crippen molar-refractivity contribution in [2.75, 3.05) is 18.0 Å². The number of amides is 1. The van der Waals surface area contributed by atoms with Crippen LogP contribution in [0.2, 0.25) is 0 Å². The molecule has 1 saturated carbocycles. The molecule has 34 heavy (non-hydrogen) atoms. The number of piperidine rings is 1. The van der Waals surface area contributed by atoms with Crippen molar-refractivity contribution in [2.24, 2.45) is 11.8 Å². The summed E-state index contributed by atoms with van der Waals surface area (Å²) in [7, 11) is 0.